The van der Waals surface area contributed by atoms with Crippen LogP contribution in [0.2, 0.25) is 0 Å². The molecule has 1 unspecified atom stereocenters. The van der Waals surface area contributed by atoms with Crippen molar-refractivity contribution in [3.63, 3.8) is 0 Å². The number of Topliss-reactive ketones (excluding diaryl/α,β-unsaturated/α-hetero) is 1. The molecule has 2 heterocycles. The molecule has 2 aliphatic heterocycles. The molecular weight excluding hydrogens is 451 g/mol. The van der Waals surface area contributed by atoms with Crippen LogP contribution in [0.3, 0.4) is 0 Å². The zero-order valence-corrected chi connectivity index (χ0v) is 19.9. The second-order valence-electron chi connectivity index (χ2n) is 8.73. The van der Waals surface area contributed by atoms with Crippen molar-refractivity contribution in [2.24, 2.45) is 0 Å². The van der Waals surface area contributed by atoms with Crippen molar-refractivity contribution in [1.82, 2.24) is 9.80 Å². The van der Waals surface area contributed by atoms with Crippen molar-refractivity contribution < 1.29 is 28.6 Å². The average molecular weight is 483 g/mol. The highest BCUT2D eigenvalue weighted by atomic mass is 19.1. The maximum atomic E-state index is 13.7. The van der Waals surface area contributed by atoms with Gasteiger partial charge in [-0.3, -0.25) is 14.5 Å². The third-order valence-electron chi connectivity index (χ3n) is 6.28. The monoisotopic (exact) mass is 482 g/mol. The Labute approximate surface area is 204 Å². The van der Waals surface area contributed by atoms with Crippen LogP contribution in [0.4, 0.5) is 4.39 Å². The van der Waals surface area contributed by atoms with Gasteiger partial charge in [0.2, 0.25) is 0 Å². The number of carbonyl (C=O) groups excluding carboxylic acids is 2. The van der Waals surface area contributed by atoms with E-state index in [2.05, 4.69) is 4.90 Å². The van der Waals surface area contributed by atoms with Gasteiger partial charge in [0.15, 0.2) is 0 Å². The van der Waals surface area contributed by atoms with Crippen molar-refractivity contribution >= 4 is 17.4 Å². The Morgan fingerprint density at radius 1 is 1.11 bits per heavy atom. The first kappa shape index (κ1) is 24.9. The van der Waals surface area contributed by atoms with Crippen LogP contribution in [0, 0.1) is 5.82 Å². The van der Waals surface area contributed by atoms with Gasteiger partial charge in [0.25, 0.3) is 11.7 Å². The molecule has 2 fully saturated rings. The molecule has 35 heavy (non-hydrogen) atoms. The van der Waals surface area contributed by atoms with Crippen LogP contribution in [-0.2, 0) is 14.3 Å². The Kier molecular flexibility index (Phi) is 8.15. The molecule has 0 radical (unpaired) electrons. The van der Waals surface area contributed by atoms with Crippen molar-refractivity contribution in [3.8, 4) is 5.75 Å². The molecule has 2 aromatic carbocycles. The number of likely N-dealkylation sites (tertiary alicyclic amines) is 1. The Bertz CT molecular complexity index is 1080. The molecule has 4 rings (SSSR count). The highest BCUT2D eigenvalue weighted by Crippen LogP contribution is 2.39. The molecule has 7 nitrogen and oxygen atoms in total. The standard InChI is InChI=1S/C27H31FN2O5/c1-2-15-35-22-6-3-5-20(18-22)25(31)23-24(19-7-9-21(28)10-8-19)30(27(33)26(23)32)12-4-11-29-13-16-34-17-14-29/h3,5-10,18,24,31H,2,4,11-17H2,1H3/b25-23+. The molecule has 186 valence electrons. The van der Waals surface area contributed by atoms with Crippen LogP contribution >= 0.6 is 0 Å². The van der Waals surface area contributed by atoms with Crippen molar-refractivity contribution in [2.75, 3.05) is 46.0 Å². The summed E-state index contributed by atoms with van der Waals surface area (Å²) in [5.74, 6) is -1.53. The highest BCUT2D eigenvalue weighted by Gasteiger charge is 2.45. The SMILES string of the molecule is CCCOc1cccc(/C(O)=C2\C(=O)C(=O)N(CCCN3CCOCC3)C2c2ccc(F)cc2)c1. The molecule has 1 amide bonds. The fraction of sp³-hybridized carbons (Fsp3) is 0.407. The second kappa shape index (κ2) is 11.5. The number of ether oxygens (including phenoxy) is 2. The fourth-order valence-corrected chi connectivity index (χ4v) is 4.50. The van der Waals surface area contributed by atoms with Gasteiger partial charge in [-0.2, -0.15) is 0 Å². The minimum atomic E-state index is -0.805. The lowest BCUT2D eigenvalue weighted by atomic mass is 9.95. The van der Waals surface area contributed by atoms with E-state index in [9.17, 15) is 19.1 Å². The van der Waals surface area contributed by atoms with Crippen LogP contribution in [0.15, 0.2) is 54.1 Å². The summed E-state index contributed by atoms with van der Waals surface area (Å²) < 4.78 is 24.7. The van der Waals surface area contributed by atoms with Crippen molar-refractivity contribution in [3.05, 3.63) is 71.0 Å². The summed E-state index contributed by atoms with van der Waals surface area (Å²) in [5.41, 5.74) is 0.953. The Balaban J connectivity index is 1.65. The molecule has 1 atom stereocenters. The van der Waals surface area contributed by atoms with Crippen molar-refractivity contribution in [1.29, 1.82) is 0 Å². The Morgan fingerprint density at radius 2 is 1.86 bits per heavy atom. The first-order valence-electron chi connectivity index (χ1n) is 12.1. The van der Waals surface area contributed by atoms with E-state index in [4.69, 9.17) is 9.47 Å². The van der Waals surface area contributed by atoms with Gasteiger partial charge < -0.3 is 19.5 Å². The van der Waals surface area contributed by atoms with E-state index in [1.165, 1.54) is 17.0 Å². The molecule has 2 aromatic rings. The second-order valence-corrected chi connectivity index (χ2v) is 8.73. The minimum absolute atomic E-state index is 0.000576. The summed E-state index contributed by atoms with van der Waals surface area (Å²) in [4.78, 5) is 30.0. The molecule has 8 heteroatoms. The van der Waals surface area contributed by atoms with E-state index in [1.807, 2.05) is 6.92 Å². The number of aliphatic hydroxyl groups is 1. The zero-order valence-electron chi connectivity index (χ0n) is 19.9. The van der Waals surface area contributed by atoms with Crippen LogP contribution in [0.25, 0.3) is 5.76 Å². The smallest absolute Gasteiger partial charge is 0.295 e. The number of nitrogens with zero attached hydrogens (tertiary/aromatic N) is 2. The summed E-state index contributed by atoms with van der Waals surface area (Å²) in [6.07, 6.45) is 1.49. The van der Waals surface area contributed by atoms with Crippen LogP contribution in [-0.4, -0.2) is 72.6 Å². The van der Waals surface area contributed by atoms with Gasteiger partial charge in [-0.05, 0) is 42.7 Å². The number of benzene rings is 2. The van der Waals surface area contributed by atoms with Gasteiger partial charge in [-0.25, -0.2) is 4.39 Å². The lowest BCUT2D eigenvalue weighted by Crippen LogP contribution is -2.38. The maximum Gasteiger partial charge on any atom is 0.295 e. The number of aliphatic hydroxyl groups excluding tert-OH is 1. The summed E-state index contributed by atoms with van der Waals surface area (Å²) >= 11 is 0. The molecule has 2 saturated heterocycles. The van der Waals surface area contributed by atoms with Gasteiger partial charge in [0, 0.05) is 31.7 Å². The number of morpholine rings is 1. The average Bonchev–Trinajstić information content (AvgIpc) is 3.13. The summed E-state index contributed by atoms with van der Waals surface area (Å²) in [5, 5.41) is 11.2. The summed E-state index contributed by atoms with van der Waals surface area (Å²) in [7, 11) is 0. The molecule has 1 N–H and O–H groups in total. The molecule has 0 aliphatic carbocycles. The Morgan fingerprint density at radius 3 is 2.57 bits per heavy atom. The van der Waals surface area contributed by atoms with E-state index >= 15 is 0 Å². The molecule has 0 saturated carbocycles. The predicted molar refractivity (Wildman–Crippen MR) is 130 cm³/mol. The molecule has 0 bridgehead atoms. The van der Waals surface area contributed by atoms with E-state index in [0.29, 0.717) is 49.7 Å². The largest absolute Gasteiger partial charge is 0.507 e. The zero-order chi connectivity index (χ0) is 24.8. The van der Waals surface area contributed by atoms with Crippen LogP contribution in [0.5, 0.6) is 5.75 Å². The first-order chi connectivity index (χ1) is 17.0. The highest BCUT2D eigenvalue weighted by molar-refractivity contribution is 6.46. The number of rotatable bonds is 9. The predicted octanol–water partition coefficient (Wildman–Crippen LogP) is 3.76. The van der Waals surface area contributed by atoms with Gasteiger partial charge in [0.1, 0.15) is 17.3 Å². The summed E-state index contributed by atoms with van der Waals surface area (Å²) in [6, 6.07) is 11.7. The number of halogens is 1. The molecule has 0 aromatic heterocycles. The van der Waals surface area contributed by atoms with Crippen LogP contribution < -0.4 is 4.74 Å². The van der Waals surface area contributed by atoms with E-state index < -0.39 is 23.5 Å². The van der Waals surface area contributed by atoms with Gasteiger partial charge >= 0.3 is 0 Å². The first-order valence-corrected chi connectivity index (χ1v) is 12.1. The lowest BCUT2D eigenvalue weighted by Gasteiger charge is -2.29. The molecule has 2 aliphatic rings. The van der Waals surface area contributed by atoms with E-state index in [1.54, 1.807) is 36.4 Å². The summed E-state index contributed by atoms with van der Waals surface area (Å²) in [6.45, 7) is 6.63. The van der Waals surface area contributed by atoms with Gasteiger partial charge in [-0.1, -0.05) is 31.2 Å². The number of hydrogen-bond acceptors (Lipinski definition) is 6. The number of hydrogen-bond donors (Lipinski definition) is 1. The van der Waals surface area contributed by atoms with Crippen LogP contribution in [0.1, 0.15) is 36.9 Å². The van der Waals surface area contributed by atoms with Gasteiger partial charge in [-0.15, -0.1) is 0 Å². The van der Waals surface area contributed by atoms with E-state index in [-0.39, 0.29) is 11.3 Å². The number of carbonyl (C=O) groups is 2. The van der Waals surface area contributed by atoms with Gasteiger partial charge in [0.05, 0.1) is 31.4 Å². The minimum Gasteiger partial charge on any atom is -0.507 e. The topological polar surface area (TPSA) is 79.3 Å². The molecular formula is C27H31FN2O5. The lowest BCUT2D eigenvalue weighted by molar-refractivity contribution is -0.140. The third-order valence-corrected chi connectivity index (χ3v) is 6.28. The molecule has 0 spiro atoms. The number of ketones is 1. The van der Waals surface area contributed by atoms with Crippen molar-refractivity contribution in [2.45, 2.75) is 25.8 Å². The normalized spacial score (nSPS) is 20.4. The number of amides is 1. The maximum absolute atomic E-state index is 13.7. The quantitative estimate of drug-likeness (QED) is 0.333. The Hall–Kier alpha value is -3.23. The third kappa shape index (κ3) is 5.71. The van der Waals surface area contributed by atoms with E-state index in [0.717, 1.165) is 26.1 Å². The fourth-order valence-electron chi connectivity index (χ4n) is 4.50.